The zero-order valence-electron chi connectivity index (χ0n) is 13.8. The highest BCUT2D eigenvalue weighted by Gasteiger charge is 2.61. The molecule has 1 saturated carbocycles. The monoisotopic (exact) mass is 300 g/mol. The number of rotatable bonds is 2. The second-order valence-electron chi connectivity index (χ2n) is 7.32. The van der Waals surface area contributed by atoms with E-state index >= 15 is 0 Å². The lowest BCUT2D eigenvalue weighted by atomic mass is 10.0. The van der Waals surface area contributed by atoms with Crippen LogP contribution in [0.15, 0.2) is 17.7 Å². The van der Waals surface area contributed by atoms with Gasteiger partial charge in [0.15, 0.2) is 0 Å². The van der Waals surface area contributed by atoms with E-state index in [4.69, 9.17) is 5.73 Å². The molecule has 3 rings (SSSR count). The van der Waals surface area contributed by atoms with Crippen LogP contribution in [0.1, 0.15) is 39.0 Å². The molecule has 1 amide bonds. The van der Waals surface area contributed by atoms with Gasteiger partial charge in [-0.3, -0.25) is 4.79 Å². The van der Waals surface area contributed by atoms with E-state index in [1.807, 2.05) is 11.0 Å². The molecule has 0 unspecified atom stereocenters. The highest BCUT2D eigenvalue weighted by atomic mass is 16.2. The van der Waals surface area contributed by atoms with Gasteiger partial charge in [0.2, 0.25) is 5.91 Å². The maximum Gasteiger partial charge on any atom is 0.227 e. The topological polar surface area (TPSA) is 72.1 Å². The second kappa shape index (κ2) is 5.07. The summed E-state index contributed by atoms with van der Waals surface area (Å²) in [6, 6.07) is 1.84. The highest BCUT2D eigenvalue weighted by molar-refractivity contribution is 5.84. The number of fused-ring (bicyclic) bond motifs is 1. The van der Waals surface area contributed by atoms with E-state index in [0.29, 0.717) is 18.3 Å². The van der Waals surface area contributed by atoms with E-state index in [1.165, 1.54) is 5.57 Å². The lowest BCUT2D eigenvalue weighted by Gasteiger charge is -2.28. The molecule has 1 aliphatic carbocycles. The van der Waals surface area contributed by atoms with Crippen LogP contribution in [0.5, 0.6) is 0 Å². The van der Waals surface area contributed by atoms with Crippen molar-refractivity contribution < 1.29 is 4.79 Å². The Balaban J connectivity index is 1.76. The first-order chi connectivity index (χ1) is 10.3. The number of carbonyl (C=O) groups excluding carboxylic acids is 1. The third kappa shape index (κ3) is 2.49. The molecule has 5 nitrogen and oxygen atoms in total. The Morgan fingerprint density at radius 2 is 2.14 bits per heavy atom. The summed E-state index contributed by atoms with van der Waals surface area (Å²) in [5.41, 5.74) is 9.05. The number of carbonyl (C=O) groups is 1. The van der Waals surface area contributed by atoms with Crippen LogP contribution < -0.4 is 5.73 Å². The van der Waals surface area contributed by atoms with Gasteiger partial charge >= 0.3 is 0 Å². The number of aromatic nitrogens is 2. The van der Waals surface area contributed by atoms with Crippen molar-refractivity contribution in [1.29, 1.82) is 0 Å². The molecule has 2 heterocycles. The molecule has 2 N–H and O–H groups in total. The molecule has 0 spiro atoms. The van der Waals surface area contributed by atoms with Crippen molar-refractivity contribution in [1.82, 2.24) is 15.1 Å². The summed E-state index contributed by atoms with van der Waals surface area (Å²) in [6.45, 7) is 9.87. The Bertz CT molecular complexity index is 646. The van der Waals surface area contributed by atoms with Gasteiger partial charge in [-0.05, 0) is 36.8 Å². The Morgan fingerprint density at radius 1 is 1.41 bits per heavy atom. The van der Waals surface area contributed by atoms with Crippen LogP contribution in [-0.2, 0) is 17.8 Å². The third-order valence-corrected chi connectivity index (χ3v) is 4.96. The molecule has 0 radical (unpaired) electrons. The maximum atomic E-state index is 12.9. The Hall–Kier alpha value is -1.91. The lowest BCUT2D eigenvalue weighted by Crippen LogP contribution is -2.38. The number of nitrogens with zero attached hydrogens (tertiary/aromatic N) is 3. The Kier molecular flexibility index (Phi) is 3.46. The van der Waals surface area contributed by atoms with Crippen molar-refractivity contribution in [2.75, 3.05) is 12.3 Å². The van der Waals surface area contributed by atoms with Gasteiger partial charge < -0.3 is 10.6 Å². The second-order valence-corrected chi connectivity index (χ2v) is 7.32. The quantitative estimate of drug-likeness (QED) is 0.850. The lowest BCUT2D eigenvalue weighted by molar-refractivity contribution is -0.134. The fourth-order valence-electron chi connectivity index (χ4n) is 3.55. The van der Waals surface area contributed by atoms with Crippen molar-refractivity contribution >= 4 is 11.7 Å². The van der Waals surface area contributed by atoms with Crippen LogP contribution in [0, 0.1) is 17.3 Å². The van der Waals surface area contributed by atoms with Crippen LogP contribution in [0.3, 0.4) is 0 Å². The first-order valence-corrected chi connectivity index (χ1v) is 7.85. The van der Waals surface area contributed by atoms with E-state index in [-0.39, 0.29) is 17.2 Å². The average molecular weight is 300 g/mol. The minimum atomic E-state index is 0.0597. The van der Waals surface area contributed by atoms with Gasteiger partial charge in [0.25, 0.3) is 0 Å². The van der Waals surface area contributed by atoms with E-state index < -0.39 is 0 Å². The number of allylic oxidation sites excluding steroid dienone is 2. The number of hydrogen-bond acceptors (Lipinski definition) is 4. The number of hydrogen-bond donors (Lipinski definition) is 1. The minimum Gasteiger partial charge on any atom is -0.382 e. The molecule has 1 aliphatic heterocycles. The zero-order chi connectivity index (χ0) is 16.1. The highest BCUT2D eigenvalue weighted by Crippen LogP contribution is 2.60. The predicted octanol–water partition coefficient (Wildman–Crippen LogP) is 2.18. The van der Waals surface area contributed by atoms with E-state index in [9.17, 15) is 4.79 Å². The summed E-state index contributed by atoms with van der Waals surface area (Å²) < 4.78 is 0. The summed E-state index contributed by atoms with van der Waals surface area (Å²) in [7, 11) is 0. The fourth-order valence-corrected chi connectivity index (χ4v) is 3.55. The number of anilines is 1. The Morgan fingerprint density at radius 3 is 2.82 bits per heavy atom. The molecule has 118 valence electrons. The van der Waals surface area contributed by atoms with Gasteiger partial charge in [0.05, 0.1) is 11.6 Å². The van der Waals surface area contributed by atoms with Gasteiger partial charge in [-0.1, -0.05) is 25.5 Å². The summed E-state index contributed by atoms with van der Waals surface area (Å²) >= 11 is 0. The smallest absolute Gasteiger partial charge is 0.227 e. The van der Waals surface area contributed by atoms with Crippen LogP contribution in [0.25, 0.3) is 0 Å². The van der Waals surface area contributed by atoms with Crippen molar-refractivity contribution in [2.24, 2.45) is 17.3 Å². The molecular weight excluding hydrogens is 276 g/mol. The average Bonchev–Trinajstić information content (AvgIpc) is 2.97. The third-order valence-electron chi connectivity index (χ3n) is 4.96. The van der Waals surface area contributed by atoms with Crippen molar-refractivity contribution in [2.45, 2.75) is 40.7 Å². The molecule has 0 bridgehead atoms. The number of amides is 1. The molecule has 0 aromatic carbocycles. The molecular formula is C17H24N4O. The van der Waals surface area contributed by atoms with Crippen LogP contribution in [0.2, 0.25) is 0 Å². The van der Waals surface area contributed by atoms with Crippen LogP contribution >= 0.6 is 0 Å². The summed E-state index contributed by atoms with van der Waals surface area (Å²) in [6.07, 6.45) is 3.00. The number of nitrogen functional groups attached to an aromatic ring is 1. The summed E-state index contributed by atoms with van der Waals surface area (Å²) in [4.78, 5) is 14.8. The van der Waals surface area contributed by atoms with E-state index in [2.05, 4.69) is 44.0 Å². The first kappa shape index (κ1) is 15.0. The summed E-state index contributed by atoms with van der Waals surface area (Å²) in [5.74, 6) is 1.12. The van der Waals surface area contributed by atoms with Crippen molar-refractivity contribution in [3.8, 4) is 0 Å². The molecule has 1 aromatic rings. The van der Waals surface area contributed by atoms with Gasteiger partial charge in [0, 0.05) is 19.5 Å². The molecule has 5 heteroatoms. The molecule has 2 atom stereocenters. The largest absolute Gasteiger partial charge is 0.382 e. The normalized spacial score (nSPS) is 25.4. The SMILES string of the molecule is CC(C)=C[C@H]1[C@@H](C(=O)N2CCc3nnc(N)cc3C2)C1(C)C. The van der Waals surface area contributed by atoms with Crippen LogP contribution in [-0.4, -0.2) is 27.5 Å². The first-order valence-electron chi connectivity index (χ1n) is 7.85. The van der Waals surface area contributed by atoms with Crippen LogP contribution in [0.4, 0.5) is 5.82 Å². The van der Waals surface area contributed by atoms with Gasteiger partial charge in [-0.25, -0.2) is 0 Å². The van der Waals surface area contributed by atoms with Gasteiger partial charge in [-0.15, -0.1) is 5.10 Å². The predicted molar refractivity (Wildman–Crippen MR) is 85.8 cm³/mol. The molecule has 0 saturated heterocycles. The maximum absolute atomic E-state index is 12.9. The van der Waals surface area contributed by atoms with Gasteiger partial charge in [-0.2, -0.15) is 5.10 Å². The molecule has 22 heavy (non-hydrogen) atoms. The standard InChI is InChI=1S/C17H24N4O/c1-10(2)7-12-15(17(12,3)4)16(22)21-6-5-13-11(9-21)8-14(18)20-19-13/h7-8,12,15H,5-6,9H2,1-4H3,(H2,18,20)/t12-,15-/m0/s1. The summed E-state index contributed by atoms with van der Waals surface area (Å²) in [5, 5.41) is 8.03. The van der Waals surface area contributed by atoms with Crippen molar-refractivity contribution in [3.05, 3.63) is 29.0 Å². The minimum absolute atomic E-state index is 0.0597. The van der Waals surface area contributed by atoms with Gasteiger partial charge in [0.1, 0.15) is 5.82 Å². The zero-order valence-corrected chi connectivity index (χ0v) is 13.8. The molecule has 2 aliphatic rings. The fraction of sp³-hybridized carbons (Fsp3) is 0.588. The number of nitrogens with two attached hydrogens (primary N) is 1. The molecule has 1 fully saturated rings. The molecule has 1 aromatic heterocycles. The van der Waals surface area contributed by atoms with Crippen molar-refractivity contribution in [3.63, 3.8) is 0 Å². The van der Waals surface area contributed by atoms with E-state index in [1.54, 1.807) is 0 Å². The van der Waals surface area contributed by atoms with E-state index in [0.717, 1.165) is 24.2 Å². The Labute approximate surface area is 131 Å².